The molecule has 0 aliphatic heterocycles. The second kappa shape index (κ2) is 9.62. The Labute approximate surface area is 186 Å². The first-order valence-corrected chi connectivity index (χ1v) is 11.3. The van der Waals surface area contributed by atoms with Crippen LogP contribution in [-0.4, -0.2) is 25.2 Å². The third-order valence-electron chi connectivity index (χ3n) is 4.45. The summed E-state index contributed by atoms with van der Waals surface area (Å²) in [5, 5.41) is 3.66. The average Bonchev–Trinajstić information content (AvgIpc) is 2.71. The molecule has 0 aliphatic rings. The summed E-state index contributed by atoms with van der Waals surface area (Å²) in [6, 6.07) is 20.1. The number of halogens is 2. The van der Waals surface area contributed by atoms with Gasteiger partial charge in [0.1, 0.15) is 0 Å². The van der Waals surface area contributed by atoms with Crippen LogP contribution in [-0.2, 0) is 21.4 Å². The number of benzene rings is 3. The van der Waals surface area contributed by atoms with Gasteiger partial charge in [0.05, 0.1) is 11.4 Å². The van der Waals surface area contributed by atoms with Gasteiger partial charge < -0.3 is 5.32 Å². The number of amides is 1. The summed E-state index contributed by atoms with van der Waals surface area (Å²) in [5.41, 5.74) is 2.13. The van der Waals surface area contributed by atoms with E-state index in [1.165, 1.54) is 24.3 Å². The Kier molecular flexibility index (Phi) is 7.15. The number of rotatable bonds is 7. The smallest absolute Gasteiger partial charge is 0.243 e. The molecule has 5 nitrogen and oxygen atoms in total. The molecule has 0 atom stereocenters. The molecular weight excluding hydrogens is 443 g/mol. The molecule has 156 valence electrons. The van der Waals surface area contributed by atoms with Gasteiger partial charge >= 0.3 is 0 Å². The second-order valence-electron chi connectivity index (χ2n) is 6.72. The van der Waals surface area contributed by atoms with Crippen LogP contribution in [0.3, 0.4) is 0 Å². The first kappa shape index (κ1) is 22.3. The minimum atomic E-state index is -3.93. The van der Waals surface area contributed by atoms with Crippen molar-refractivity contribution in [2.45, 2.75) is 18.4 Å². The molecule has 8 heteroatoms. The minimum Gasteiger partial charge on any atom is -0.325 e. The number of carbonyl (C=O) groups is 1. The number of nitrogens with zero attached hydrogens (tertiary/aromatic N) is 1. The van der Waals surface area contributed by atoms with Crippen LogP contribution in [0.25, 0.3) is 0 Å². The zero-order valence-electron chi connectivity index (χ0n) is 16.2. The summed E-state index contributed by atoms with van der Waals surface area (Å²) in [5.74, 6) is -0.464. The van der Waals surface area contributed by atoms with Gasteiger partial charge in [-0.1, -0.05) is 59.6 Å². The van der Waals surface area contributed by atoms with Crippen LogP contribution in [0, 0.1) is 6.92 Å². The maximum Gasteiger partial charge on any atom is 0.243 e. The van der Waals surface area contributed by atoms with Crippen LogP contribution in [0.15, 0.2) is 77.7 Å². The fraction of sp³-hybridized carbons (Fsp3) is 0.136. The average molecular weight is 463 g/mol. The molecule has 0 saturated carbocycles. The van der Waals surface area contributed by atoms with E-state index in [4.69, 9.17) is 23.2 Å². The predicted octanol–water partition coefficient (Wildman–Crippen LogP) is 5.13. The fourth-order valence-corrected chi connectivity index (χ4v) is 4.53. The SMILES string of the molecule is Cc1ccc(Cl)cc1NC(=O)CN(Cc1ccccc1)S(=O)(=O)c1ccc(Cl)cc1. The van der Waals surface area contributed by atoms with E-state index in [0.29, 0.717) is 15.7 Å². The molecular formula is C22H20Cl2N2O3S. The molecule has 0 aromatic heterocycles. The van der Waals surface area contributed by atoms with Gasteiger partial charge in [0.25, 0.3) is 0 Å². The van der Waals surface area contributed by atoms with Crippen molar-refractivity contribution in [3.8, 4) is 0 Å². The predicted molar refractivity (Wildman–Crippen MR) is 120 cm³/mol. The zero-order valence-corrected chi connectivity index (χ0v) is 18.5. The van der Waals surface area contributed by atoms with E-state index in [1.54, 1.807) is 18.2 Å². The molecule has 3 aromatic rings. The Morgan fingerprint density at radius 2 is 1.57 bits per heavy atom. The maximum atomic E-state index is 13.2. The third-order valence-corrected chi connectivity index (χ3v) is 6.74. The highest BCUT2D eigenvalue weighted by Crippen LogP contribution is 2.22. The van der Waals surface area contributed by atoms with E-state index in [0.717, 1.165) is 15.4 Å². The van der Waals surface area contributed by atoms with Gasteiger partial charge in [0, 0.05) is 22.3 Å². The van der Waals surface area contributed by atoms with E-state index in [-0.39, 0.29) is 18.0 Å². The number of anilines is 1. The van der Waals surface area contributed by atoms with E-state index in [9.17, 15) is 13.2 Å². The lowest BCUT2D eigenvalue weighted by atomic mass is 10.2. The lowest BCUT2D eigenvalue weighted by Crippen LogP contribution is -2.37. The largest absolute Gasteiger partial charge is 0.325 e. The van der Waals surface area contributed by atoms with Crippen molar-refractivity contribution in [2.75, 3.05) is 11.9 Å². The minimum absolute atomic E-state index is 0.0494. The van der Waals surface area contributed by atoms with Crippen LogP contribution in [0.2, 0.25) is 10.0 Å². The molecule has 30 heavy (non-hydrogen) atoms. The molecule has 0 saturated heterocycles. The monoisotopic (exact) mass is 462 g/mol. The maximum absolute atomic E-state index is 13.2. The van der Waals surface area contributed by atoms with Crippen molar-refractivity contribution in [2.24, 2.45) is 0 Å². The summed E-state index contributed by atoms with van der Waals surface area (Å²) in [6.07, 6.45) is 0. The topological polar surface area (TPSA) is 66.5 Å². The Bertz CT molecular complexity index is 1130. The number of hydrogen-bond donors (Lipinski definition) is 1. The molecule has 0 bridgehead atoms. The molecule has 1 N–H and O–H groups in total. The van der Waals surface area contributed by atoms with Gasteiger partial charge in [-0.15, -0.1) is 0 Å². The summed E-state index contributed by atoms with van der Waals surface area (Å²) >= 11 is 11.9. The first-order chi connectivity index (χ1) is 14.3. The quantitative estimate of drug-likeness (QED) is 0.528. The van der Waals surface area contributed by atoms with Gasteiger partial charge in [-0.3, -0.25) is 4.79 Å². The zero-order chi connectivity index (χ0) is 21.7. The second-order valence-corrected chi connectivity index (χ2v) is 9.53. The lowest BCUT2D eigenvalue weighted by molar-refractivity contribution is -0.116. The number of aryl methyl sites for hydroxylation is 1. The van der Waals surface area contributed by atoms with Crippen LogP contribution < -0.4 is 5.32 Å². The van der Waals surface area contributed by atoms with E-state index >= 15 is 0 Å². The van der Waals surface area contributed by atoms with E-state index in [2.05, 4.69) is 5.32 Å². The summed E-state index contributed by atoms with van der Waals surface area (Å²) < 4.78 is 27.6. The molecule has 0 aliphatic carbocycles. The van der Waals surface area contributed by atoms with Crippen molar-refractivity contribution in [1.29, 1.82) is 0 Å². The van der Waals surface area contributed by atoms with Crippen LogP contribution in [0.4, 0.5) is 5.69 Å². The molecule has 3 rings (SSSR count). The van der Waals surface area contributed by atoms with Crippen molar-refractivity contribution in [1.82, 2.24) is 4.31 Å². The fourth-order valence-electron chi connectivity index (χ4n) is 2.85. The number of hydrogen-bond acceptors (Lipinski definition) is 3. The van der Waals surface area contributed by atoms with Crippen molar-refractivity contribution >= 4 is 44.8 Å². The molecule has 0 unspecified atom stereocenters. The number of sulfonamides is 1. The normalized spacial score (nSPS) is 11.5. The molecule has 0 spiro atoms. The Hall–Kier alpha value is -2.38. The van der Waals surface area contributed by atoms with Crippen molar-refractivity contribution in [3.05, 3.63) is 94.0 Å². The van der Waals surface area contributed by atoms with Gasteiger partial charge in [-0.25, -0.2) is 8.42 Å². The lowest BCUT2D eigenvalue weighted by Gasteiger charge is -2.22. The highest BCUT2D eigenvalue weighted by molar-refractivity contribution is 7.89. The van der Waals surface area contributed by atoms with E-state index in [1.807, 2.05) is 37.3 Å². The summed E-state index contributed by atoms with van der Waals surface area (Å²) in [7, 11) is -3.93. The van der Waals surface area contributed by atoms with Crippen molar-refractivity contribution < 1.29 is 13.2 Å². The standard InChI is InChI=1S/C22H20Cl2N2O3S/c1-16-7-8-19(24)13-21(16)25-22(27)15-26(14-17-5-3-2-4-6-17)30(28,29)20-11-9-18(23)10-12-20/h2-13H,14-15H2,1H3,(H,25,27). The van der Waals surface area contributed by atoms with Crippen LogP contribution in [0.1, 0.15) is 11.1 Å². The van der Waals surface area contributed by atoms with Gasteiger partial charge in [-0.2, -0.15) is 4.31 Å². The molecule has 0 radical (unpaired) electrons. The summed E-state index contributed by atoms with van der Waals surface area (Å²) in [4.78, 5) is 12.8. The van der Waals surface area contributed by atoms with Crippen molar-refractivity contribution in [3.63, 3.8) is 0 Å². The molecule has 0 fully saturated rings. The van der Waals surface area contributed by atoms with Crippen LogP contribution in [0.5, 0.6) is 0 Å². The number of carbonyl (C=O) groups excluding carboxylic acids is 1. The molecule has 3 aromatic carbocycles. The molecule has 1 amide bonds. The third kappa shape index (κ3) is 5.61. The summed E-state index contributed by atoms with van der Waals surface area (Å²) in [6.45, 7) is 1.53. The molecule has 0 heterocycles. The van der Waals surface area contributed by atoms with Crippen LogP contribution >= 0.6 is 23.2 Å². The van der Waals surface area contributed by atoms with Gasteiger partial charge in [0.2, 0.25) is 15.9 Å². The van der Waals surface area contributed by atoms with E-state index < -0.39 is 15.9 Å². The number of nitrogens with one attached hydrogen (secondary N) is 1. The Balaban J connectivity index is 1.88. The van der Waals surface area contributed by atoms with Gasteiger partial charge in [0.15, 0.2) is 0 Å². The highest BCUT2D eigenvalue weighted by Gasteiger charge is 2.27. The van der Waals surface area contributed by atoms with Gasteiger partial charge in [-0.05, 0) is 54.4 Å². The Morgan fingerprint density at radius 3 is 2.23 bits per heavy atom. The highest BCUT2D eigenvalue weighted by atomic mass is 35.5. The first-order valence-electron chi connectivity index (χ1n) is 9.11. The Morgan fingerprint density at radius 1 is 0.933 bits per heavy atom.